The van der Waals surface area contributed by atoms with Crippen LogP contribution in [0, 0.1) is 0 Å². The van der Waals surface area contributed by atoms with E-state index in [9.17, 15) is 14.7 Å². The number of carbonyl (C=O) groups excluding carboxylic acids is 1. The van der Waals surface area contributed by atoms with E-state index >= 15 is 0 Å². The van der Waals surface area contributed by atoms with E-state index in [1.165, 1.54) is 12.1 Å². The van der Waals surface area contributed by atoms with Gasteiger partial charge in [-0.25, -0.2) is 0 Å². The summed E-state index contributed by atoms with van der Waals surface area (Å²) in [6, 6.07) is 6.22. The van der Waals surface area contributed by atoms with Gasteiger partial charge in [0.05, 0.1) is 11.5 Å². The molecule has 8 nitrogen and oxygen atoms in total. The first kappa shape index (κ1) is 15.4. The van der Waals surface area contributed by atoms with Gasteiger partial charge in [0.1, 0.15) is 5.82 Å². The molecule has 0 saturated heterocycles. The molecule has 0 aliphatic carbocycles. The molecule has 1 heterocycles. The maximum absolute atomic E-state index is 11.7. The van der Waals surface area contributed by atoms with Crippen molar-refractivity contribution in [3.8, 4) is 0 Å². The van der Waals surface area contributed by atoms with Crippen LogP contribution in [0.25, 0.3) is 0 Å². The number of carbonyl (C=O) groups is 1. The number of nitrogens with zero attached hydrogens (tertiary/aromatic N) is 1. The molecule has 2 rings (SSSR count). The van der Waals surface area contributed by atoms with Crippen molar-refractivity contribution in [1.29, 1.82) is 0 Å². The van der Waals surface area contributed by atoms with Crippen LogP contribution < -0.4 is 27.4 Å². The number of hydrogen-bond acceptors (Lipinski definition) is 7. The zero-order valence-electron chi connectivity index (χ0n) is 11.8. The van der Waals surface area contributed by atoms with Gasteiger partial charge >= 0.3 is 0 Å². The second-order valence-corrected chi connectivity index (χ2v) is 4.71. The van der Waals surface area contributed by atoms with Crippen LogP contribution in [0.4, 0.5) is 17.5 Å². The van der Waals surface area contributed by atoms with Gasteiger partial charge in [0.25, 0.3) is 5.56 Å². The first-order chi connectivity index (χ1) is 10.5. The average Bonchev–Trinajstić information content (AvgIpc) is 2.46. The molecule has 0 amide bonds. The van der Waals surface area contributed by atoms with Crippen LogP contribution in [0.15, 0.2) is 29.1 Å². The van der Waals surface area contributed by atoms with E-state index in [0.717, 1.165) is 5.69 Å². The first-order valence-electron chi connectivity index (χ1n) is 6.67. The second-order valence-electron chi connectivity index (χ2n) is 4.71. The quantitative estimate of drug-likeness (QED) is 0.517. The van der Waals surface area contributed by atoms with Gasteiger partial charge in [0, 0.05) is 12.2 Å². The maximum atomic E-state index is 11.7. The van der Waals surface area contributed by atoms with Gasteiger partial charge in [-0.05, 0) is 30.5 Å². The predicted octanol–water partition coefficient (Wildman–Crippen LogP) is -0.658. The zero-order valence-corrected chi connectivity index (χ0v) is 11.8. The van der Waals surface area contributed by atoms with E-state index < -0.39 is 5.97 Å². The number of nitrogen functional groups attached to an aromatic ring is 2. The third kappa shape index (κ3) is 3.75. The molecule has 0 radical (unpaired) electrons. The fourth-order valence-corrected chi connectivity index (χ4v) is 2.00. The Bertz CT molecular complexity index is 724. The molecule has 0 bridgehead atoms. The summed E-state index contributed by atoms with van der Waals surface area (Å²) in [6.07, 6.45) is 1.11. The Balaban J connectivity index is 1.87. The van der Waals surface area contributed by atoms with Gasteiger partial charge in [-0.15, -0.1) is 0 Å². The number of anilines is 3. The Morgan fingerprint density at radius 2 is 1.95 bits per heavy atom. The van der Waals surface area contributed by atoms with Crippen LogP contribution in [0.3, 0.4) is 0 Å². The van der Waals surface area contributed by atoms with E-state index in [-0.39, 0.29) is 22.9 Å². The summed E-state index contributed by atoms with van der Waals surface area (Å²) >= 11 is 0. The average molecular weight is 302 g/mol. The van der Waals surface area contributed by atoms with E-state index in [1.807, 2.05) is 0 Å². The van der Waals surface area contributed by atoms with Gasteiger partial charge in [-0.1, -0.05) is 12.1 Å². The standard InChI is InChI=1S/C14H17N5O3/c15-11-10(12(20)19-14(16)18-11)2-1-7-17-9-5-3-8(4-6-9)13(21)22/h3-6,17H,1-2,7H2,(H,21,22)(H5,15,16,18,19,20)/p-1. The molecule has 0 spiro atoms. The zero-order chi connectivity index (χ0) is 16.1. The molecule has 0 atom stereocenters. The minimum atomic E-state index is -1.21. The molecule has 8 heteroatoms. The summed E-state index contributed by atoms with van der Waals surface area (Å²) in [5.74, 6) is -1.07. The Kier molecular flexibility index (Phi) is 4.62. The molecule has 1 aromatic carbocycles. The van der Waals surface area contributed by atoms with Crippen LogP contribution in [-0.2, 0) is 6.42 Å². The Labute approximate surface area is 126 Å². The minimum absolute atomic E-state index is 0.00242. The second kappa shape index (κ2) is 6.61. The maximum Gasteiger partial charge on any atom is 0.257 e. The lowest BCUT2D eigenvalue weighted by Gasteiger charge is -2.08. The largest absolute Gasteiger partial charge is 0.545 e. The summed E-state index contributed by atoms with van der Waals surface area (Å²) in [6.45, 7) is 0.591. The third-order valence-corrected chi connectivity index (χ3v) is 3.12. The monoisotopic (exact) mass is 302 g/mol. The number of aromatic carboxylic acids is 1. The number of aromatic nitrogens is 2. The highest BCUT2D eigenvalue weighted by Crippen LogP contribution is 2.10. The molecule has 0 saturated carbocycles. The molecule has 22 heavy (non-hydrogen) atoms. The fourth-order valence-electron chi connectivity index (χ4n) is 2.00. The lowest BCUT2D eigenvalue weighted by atomic mass is 10.1. The lowest BCUT2D eigenvalue weighted by Crippen LogP contribution is -2.22. The number of H-pyrrole nitrogens is 1. The van der Waals surface area contributed by atoms with Gasteiger partial charge in [-0.2, -0.15) is 4.98 Å². The summed E-state index contributed by atoms with van der Waals surface area (Å²) < 4.78 is 0. The molecule has 0 fully saturated rings. The van der Waals surface area contributed by atoms with Crippen LogP contribution in [-0.4, -0.2) is 22.5 Å². The van der Waals surface area contributed by atoms with Crippen molar-refractivity contribution in [1.82, 2.24) is 9.97 Å². The van der Waals surface area contributed by atoms with Crippen LogP contribution in [0.1, 0.15) is 22.3 Å². The number of hydrogen-bond donors (Lipinski definition) is 4. The van der Waals surface area contributed by atoms with Gasteiger partial charge in [-0.3, -0.25) is 9.78 Å². The number of nitrogens with one attached hydrogen (secondary N) is 2. The normalized spacial score (nSPS) is 10.4. The van der Waals surface area contributed by atoms with Crippen molar-refractivity contribution in [3.63, 3.8) is 0 Å². The number of carboxylic acid groups (broad SMARTS) is 1. The topological polar surface area (TPSA) is 150 Å². The molecule has 6 N–H and O–H groups in total. The molecule has 0 aliphatic heterocycles. The van der Waals surface area contributed by atoms with Crippen molar-refractivity contribution < 1.29 is 9.90 Å². The first-order valence-corrected chi connectivity index (χ1v) is 6.67. The van der Waals surface area contributed by atoms with E-state index in [1.54, 1.807) is 12.1 Å². The van der Waals surface area contributed by atoms with Crippen molar-refractivity contribution in [2.24, 2.45) is 0 Å². The third-order valence-electron chi connectivity index (χ3n) is 3.12. The van der Waals surface area contributed by atoms with Gasteiger partial charge in [0.15, 0.2) is 0 Å². The highest BCUT2D eigenvalue weighted by atomic mass is 16.4. The number of benzene rings is 1. The molecule has 2 aromatic rings. The van der Waals surface area contributed by atoms with E-state index in [4.69, 9.17) is 11.5 Å². The summed E-state index contributed by atoms with van der Waals surface area (Å²) in [7, 11) is 0. The molecule has 1 aromatic heterocycles. The van der Waals surface area contributed by atoms with Crippen molar-refractivity contribution in [3.05, 3.63) is 45.7 Å². The SMILES string of the molecule is Nc1nc(N)c(CCCNc2ccc(C(=O)[O-])cc2)c(=O)[nH]1. The predicted molar refractivity (Wildman–Crippen MR) is 81.3 cm³/mol. The Morgan fingerprint density at radius 1 is 1.27 bits per heavy atom. The summed E-state index contributed by atoms with van der Waals surface area (Å²) in [5.41, 5.74) is 12.0. The number of aromatic amines is 1. The number of carboxylic acids is 1. The van der Waals surface area contributed by atoms with Crippen molar-refractivity contribution in [2.75, 3.05) is 23.3 Å². The molecular weight excluding hydrogens is 286 g/mol. The van der Waals surface area contributed by atoms with E-state index in [0.29, 0.717) is 24.9 Å². The Hall–Kier alpha value is -3.03. The van der Waals surface area contributed by atoms with Crippen LogP contribution >= 0.6 is 0 Å². The van der Waals surface area contributed by atoms with E-state index in [2.05, 4.69) is 15.3 Å². The summed E-state index contributed by atoms with van der Waals surface area (Å²) in [4.78, 5) is 28.5. The highest BCUT2D eigenvalue weighted by molar-refractivity contribution is 5.86. The summed E-state index contributed by atoms with van der Waals surface area (Å²) in [5, 5.41) is 13.7. The highest BCUT2D eigenvalue weighted by Gasteiger charge is 2.07. The lowest BCUT2D eigenvalue weighted by molar-refractivity contribution is -0.255. The van der Waals surface area contributed by atoms with Crippen molar-refractivity contribution >= 4 is 23.4 Å². The molecule has 0 unspecified atom stereocenters. The molecule has 0 aliphatic rings. The fraction of sp³-hybridized carbons (Fsp3) is 0.214. The Morgan fingerprint density at radius 3 is 2.55 bits per heavy atom. The smallest absolute Gasteiger partial charge is 0.257 e. The molecular formula is C14H16N5O3-. The van der Waals surface area contributed by atoms with Crippen LogP contribution in [0.2, 0.25) is 0 Å². The number of rotatable bonds is 6. The van der Waals surface area contributed by atoms with Crippen LogP contribution in [0.5, 0.6) is 0 Å². The van der Waals surface area contributed by atoms with Gasteiger partial charge < -0.3 is 26.7 Å². The minimum Gasteiger partial charge on any atom is -0.545 e. The number of nitrogens with two attached hydrogens (primary N) is 2. The molecule has 116 valence electrons. The van der Waals surface area contributed by atoms with Crippen molar-refractivity contribution in [2.45, 2.75) is 12.8 Å². The van der Waals surface area contributed by atoms with Gasteiger partial charge in [0.2, 0.25) is 5.95 Å².